The van der Waals surface area contributed by atoms with Gasteiger partial charge in [-0.15, -0.1) is 0 Å². The van der Waals surface area contributed by atoms with Crippen LogP contribution >= 0.6 is 0 Å². The Kier molecular flexibility index (Phi) is 2.42. The Morgan fingerprint density at radius 3 is 2.45 bits per heavy atom. The molecule has 0 amide bonds. The van der Waals surface area contributed by atoms with Crippen molar-refractivity contribution in [3.8, 4) is 0 Å². The van der Waals surface area contributed by atoms with Crippen LogP contribution < -0.4 is 0 Å². The van der Waals surface area contributed by atoms with Gasteiger partial charge in [-0.1, -0.05) is 0 Å². The summed E-state index contributed by atoms with van der Waals surface area (Å²) in [5.74, 6) is 0. The van der Waals surface area contributed by atoms with Crippen LogP contribution in [0.5, 0.6) is 0 Å². The van der Waals surface area contributed by atoms with E-state index < -0.39 is 12.2 Å². The van der Waals surface area contributed by atoms with E-state index in [0.29, 0.717) is 13.0 Å². The van der Waals surface area contributed by atoms with Crippen molar-refractivity contribution >= 4 is 0 Å². The zero-order valence-electron chi connectivity index (χ0n) is 6.19. The highest BCUT2D eigenvalue weighted by atomic mass is 19.4. The van der Waals surface area contributed by atoms with Gasteiger partial charge in [-0.3, -0.25) is 4.90 Å². The molecule has 1 unspecified atom stereocenters. The van der Waals surface area contributed by atoms with Crippen LogP contribution in [0.4, 0.5) is 13.2 Å². The first kappa shape index (κ1) is 8.84. The summed E-state index contributed by atoms with van der Waals surface area (Å²) in [4.78, 5) is 1.38. The number of nitrogens with zero attached hydrogens (tertiary/aromatic N) is 1. The van der Waals surface area contributed by atoms with Gasteiger partial charge in [-0.25, -0.2) is 0 Å². The van der Waals surface area contributed by atoms with Crippen LogP contribution in [0.1, 0.15) is 12.8 Å². The van der Waals surface area contributed by atoms with Crippen LogP contribution in [0, 0.1) is 6.92 Å². The van der Waals surface area contributed by atoms with E-state index in [9.17, 15) is 13.2 Å². The summed E-state index contributed by atoms with van der Waals surface area (Å²) in [7, 11) is 0. The van der Waals surface area contributed by atoms with Crippen molar-refractivity contribution < 1.29 is 13.2 Å². The molecule has 0 N–H and O–H groups in total. The standard InChI is InChI=1S/C7H11F3N/c1-2-11-5-3-4-6(11)7(8,9)10/h6H,1-5H2. The number of hydrogen-bond donors (Lipinski definition) is 0. The van der Waals surface area contributed by atoms with Crippen molar-refractivity contribution in [1.82, 2.24) is 4.90 Å². The van der Waals surface area contributed by atoms with Crippen LogP contribution in [0.2, 0.25) is 0 Å². The third-order valence-corrected chi connectivity index (χ3v) is 2.03. The Hall–Kier alpha value is -0.250. The van der Waals surface area contributed by atoms with Crippen LogP contribution in [-0.4, -0.2) is 30.2 Å². The molecule has 1 atom stereocenters. The van der Waals surface area contributed by atoms with Crippen molar-refractivity contribution in [3.63, 3.8) is 0 Å². The molecular formula is C7H11F3N. The summed E-state index contributed by atoms with van der Waals surface area (Å²) in [5.41, 5.74) is 0. The monoisotopic (exact) mass is 166 g/mol. The zero-order valence-corrected chi connectivity index (χ0v) is 6.19. The average Bonchev–Trinajstić information content (AvgIpc) is 2.31. The molecule has 1 saturated heterocycles. The second kappa shape index (κ2) is 3.01. The van der Waals surface area contributed by atoms with Gasteiger partial charge >= 0.3 is 6.18 Å². The topological polar surface area (TPSA) is 3.24 Å². The van der Waals surface area contributed by atoms with Crippen LogP contribution in [0.3, 0.4) is 0 Å². The lowest BCUT2D eigenvalue weighted by Crippen LogP contribution is -2.40. The molecule has 0 aromatic heterocycles. The van der Waals surface area contributed by atoms with Crippen molar-refractivity contribution in [2.24, 2.45) is 0 Å². The maximum atomic E-state index is 12.1. The summed E-state index contributed by atoms with van der Waals surface area (Å²) in [6.45, 7) is 4.25. The first-order valence-corrected chi connectivity index (χ1v) is 3.65. The van der Waals surface area contributed by atoms with E-state index in [1.54, 1.807) is 0 Å². The van der Waals surface area contributed by atoms with Gasteiger partial charge in [0.1, 0.15) is 6.04 Å². The highest BCUT2D eigenvalue weighted by Crippen LogP contribution is 2.31. The Labute approximate surface area is 64.2 Å². The maximum Gasteiger partial charge on any atom is 0.404 e. The molecule has 0 spiro atoms. The molecule has 1 rings (SSSR count). The summed E-state index contributed by atoms with van der Waals surface area (Å²) < 4.78 is 36.4. The molecule has 1 heterocycles. The maximum absolute atomic E-state index is 12.1. The molecule has 0 bridgehead atoms. The van der Waals surface area contributed by atoms with E-state index in [1.165, 1.54) is 4.90 Å². The van der Waals surface area contributed by atoms with Crippen LogP contribution in [0.25, 0.3) is 0 Å². The zero-order chi connectivity index (χ0) is 8.48. The first-order valence-electron chi connectivity index (χ1n) is 3.65. The summed E-state index contributed by atoms with van der Waals surface area (Å²) in [6.07, 6.45) is -3.19. The van der Waals surface area contributed by atoms with Gasteiger partial charge in [0, 0.05) is 0 Å². The third-order valence-electron chi connectivity index (χ3n) is 2.03. The number of likely N-dealkylation sites (tertiary alicyclic amines) is 1. The number of hydrogen-bond acceptors (Lipinski definition) is 1. The lowest BCUT2D eigenvalue weighted by Gasteiger charge is -2.24. The molecule has 1 aliphatic heterocycles. The molecule has 1 fully saturated rings. The Balaban J connectivity index is 2.57. The Bertz CT molecular complexity index is 132. The molecule has 1 nitrogen and oxygen atoms in total. The molecule has 0 aromatic carbocycles. The summed E-state index contributed by atoms with van der Waals surface area (Å²) in [6, 6.07) is -1.24. The van der Waals surface area contributed by atoms with Gasteiger partial charge in [0.05, 0.1) is 0 Å². The van der Waals surface area contributed by atoms with Gasteiger partial charge in [-0.05, 0) is 32.9 Å². The fraction of sp³-hybridized carbons (Fsp3) is 0.857. The van der Waals surface area contributed by atoms with E-state index in [1.807, 2.05) is 0 Å². The minimum atomic E-state index is -4.06. The fourth-order valence-corrected chi connectivity index (χ4v) is 1.46. The van der Waals surface area contributed by atoms with Crippen LogP contribution in [-0.2, 0) is 0 Å². The fourth-order valence-electron chi connectivity index (χ4n) is 1.46. The molecule has 0 saturated carbocycles. The largest absolute Gasteiger partial charge is 0.404 e. The van der Waals surface area contributed by atoms with Crippen molar-refractivity contribution in [2.75, 3.05) is 13.1 Å². The van der Waals surface area contributed by atoms with Crippen molar-refractivity contribution in [2.45, 2.75) is 25.1 Å². The SMILES string of the molecule is [CH2]CN1CCCC1C(F)(F)F. The second-order valence-electron chi connectivity index (χ2n) is 2.74. The predicted octanol–water partition coefficient (Wildman–Crippen LogP) is 1.85. The van der Waals surface area contributed by atoms with E-state index in [4.69, 9.17) is 0 Å². The third kappa shape index (κ3) is 1.86. The number of halogens is 3. The van der Waals surface area contributed by atoms with E-state index in [0.717, 1.165) is 0 Å². The Morgan fingerprint density at radius 2 is 2.09 bits per heavy atom. The minimum absolute atomic E-state index is 0.235. The summed E-state index contributed by atoms with van der Waals surface area (Å²) in [5, 5.41) is 0. The lowest BCUT2D eigenvalue weighted by atomic mass is 10.2. The van der Waals surface area contributed by atoms with Gasteiger partial charge < -0.3 is 0 Å². The normalized spacial score (nSPS) is 27.8. The van der Waals surface area contributed by atoms with Crippen LogP contribution in [0.15, 0.2) is 0 Å². The van der Waals surface area contributed by atoms with E-state index >= 15 is 0 Å². The van der Waals surface area contributed by atoms with Crippen molar-refractivity contribution in [3.05, 3.63) is 6.92 Å². The second-order valence-corrected chi connectivity index (χ2v) is 2.74. The van der Waals surface area contributed by atoms with Gasteiger partial charge in [0.25, 0.3) is 0 Å². The molecule has 0 aromatic rings. The quantitative estimate of drug-likeness (QED) is 0.574. The van der Waals surface area contributed by atoms with Gasteiger partial charge in [0.15, 0.2) is 0 Å². The molecular weight excluding hydrogens is 155 g/mol. The molecule has 11 heavy (non-hydrogen) atoms. The average molecular weight is 166 g/mol. The smallest absolute Gasteiger partial charge is 0.292 e. The number of rotatable bonds is 1. The Morgan fingerprint density at radius 1 is 1.45 bits per heavy atom. The van der Waals surface area contributed by atoms with Gasteiger partial charge in [0.2, 0.25) is 0 Å². The highest BCUT2D eigenvalue weighted by Gasteiger charge is 2.44. The summed E-state index contributed by atoms with van der Waals surface area (Å²) >= 11 is 0. The van der Waals surface area contributed by atoms with E-state index in [-0.39, 0.29) is 13.0 Å². The first-order chi connectivity index (χ1) is 5.05. The molecule has 65 valence electrons. The van der Waals surface area contributed by atoms with E-state index in [2.05, 4.69) is 6.92 Å². The molecule has 4 heteroatoms. The number of alkyl halides is 3. The molecule has 0 aliphatic carbocycles. The molecule has 1 aliphatic rings. The molecule has 1 radical (unpaired) electrons. The van der Waals surface area contributed by atoms with Crippen molar-refractivity contribution in [1.29, 1.82) is 0 Å². The van der Waals surface area contributed by atoms with Gasteiger partial charge in [-0.2, -0.15) is 13.2 Å². The minimum Gasteiger partial charge on any atom is -0.292 e. The lowest BCUT2D eigenvalue weighted by molar-refractivity contribution is -0.174. The highest BCUT2D eigenvalue weighted by molar-refractivity contribution is 4.84. The predicted molar refractivity (Wildman–Crippen MR) is 36.0 cm³/mol.